The first-order valence-corrected chi connectivity index (χ1v) is 5.57. The SMILES string of the molecule is Cc1ccc2c(c1)Cc1c(cnn1C)C(=O)N2. The van der Waals surface area contributed by atoms with Gasteiger partial charge < -0.3 is 5.32 Å². The summed E-state index contributed by atoms with van der Waals surface area (Å²) in [5.74, 6) is -0.0734. The van der Waals surface area contributed by atoms with Crippen LogP contribution in [-0.4, -0.2) is 15.7 Å². The van der Waals surface area contributed by atoms with Crippen LogP contribution in [0.4, 0.5) is 5.69 Å². The number of nitrogens with zero attached hydrogens (tertiary/aromatic N) is 2. The third kappa shape index (κ3) is 1.53. The standard InChI is InChI=1S/C13H13N3O/c1-8-3-4-11-9(5-8)6-12-10(13(17)15-11)7-14-16(12)2/h3-5,7H,6H2,1-2H3,(H,15,17). The number of carbonyl (C=O) groups is 1. The van der Waals surface area contributed by atoms with Gasteiger partial charge in [0.1, 0.15) is 0 Å². The number of benzene rings is 1. The highest BCUT2D eigenvalue weighted by atomic mass is 16.1. The molecule has 0 spiro atoms. The van der Waals surface area contributed by atoms with Crippen LogP contribution in [0.2, 0.25) is 0 Å². The van der Waals surface area contributed by atoms with Crippen molar-refractivity contribution in [3.8, 4) is 0 Å². The first-order valence-electron chi connectivity index (χ1n) is 5.57. The lowest BCUT2D eigenvalue weighted by atomic mass is 10.0. The Morgan fingerprint density at radius 2 is 2.24 bits per heavy atom. The van der Waals surface area contributed by atoms with E-state index in [0.29, 0.717) is 5.56 Å². The zero-order valence-corrected chi connectivity index (χ0v) is 9.82. The molecule has 4 heteroatoms. The van der Waals surface area contributed by atoms with Crippen molar-refractivity contribution in [1.82, 2.24) is 9.78 Å². The third-order valence-electron chi connectivity index (χ3n) is 3.17. The Kier molecular flexibility index (Phi) is 2.04. The molecule has 2 heterocycles. The molecular formula is C13H13N3O. The van der Waals surface area contributed by atoms with E-state index in [1.807, 2.05) is 19.2 Å². The summed E-state index contributed by atoms with van der Waals surface area (Å²) in [7, 11) is 1.87. The van der Waals surface area contributed by atoms with Crippen molar-refractivity contribution < 1.29 is 4.79 Å². The lowest BCUT2D eigenvalue weighted by Gasteiger charge is -2.07. The average molecular weight is 227 g/mol. The van der Waals surface area contributed by atoms with Crippen molar-refractivity contribution >= 4 is 11.6 Å². The van der Waals surface area contributed by atoms with Gasteiger partial charge in [-0.25, -0.2) is 0 Å². The number of hydrogen-bond donors (Lipinski definition) is 1. The maximum Gasteiger partial charge on any atom is 0.259 e. The first kappa shape index (κ1) is 10.1. The van der Waals surface area contributed by atoms with Gasteiger partial charge in [0.05, 0.1) is 17.5 Å². The van der Waals surface area contributed by atoms with Crippen molar-refractivity contribution in [2.24, 2.45) is 7.05 Å². The molecule has 0 fully saturated rings. The van der Waals surface area contributed by atoms with E-state index in [1.54, 1.807) is 10.9 Å². The fraction of sp³-hybridized carbons (Fsp3) is 0.231. The van der Waals surface area contributed by atoms with E-state index in [0.717, 1.165) is 23.4 Å². The molecule has 0 saturated heterocycles. The lowest BCUT2D eigenvalue weighted by Crippen LogP contribution is -2.11. The van der Waals surface area contributed by atoms with Crippen LogP contribution in [0.1, 0.15) is 27.2 Å². The van der Waals surface area contributed by atoms with Gasteiger partial charge >= 0.3 is 0 Å². The monoisotopic (exact) mass is 227 g/mol. The van der Waals surface area contributed by atoms with E-state index in [1.165, 1.54) is 5.56 Å². The van der Waals surface area contributed by atoms with Gasteiger partial charge in [-0.1, -0.05) is 17.7 Å². The van der Waals surface area contributed by atoms with Crippen LogP contribution in [-0.2, 0) is 13.5 Å². The Balaban J connectivity index is 2.19. The number of anilines is 1. The van der Waals surface area contributed by atoms with Gasteiger partial charge in [0.15, 0.2) is 0 Å². The van der Waals surface area contributed by atoms with Crippen LogP contribution in [0.15, 0.2) is 24.4 Å². The number of rotatable bonds is 0. The zero-order valence-electron chi connectivity index (χ0n) is 9.82. The normalized spacial score (nSPS) is 13.6. The Morgan fingerprint density at radius 3 is 3.06 bits per heavy atom. The van der Waals surface area contributed by atoms with Gasteiger partial charge in [0.25, 0.3) is 5.91 Å². The molecule has 0 bridgehead atoms. The summed E-state index contributed by atoms with van der Waals surface area (Å²) in [6, 6.07) is 6.08. The minimum Gasteiger partial charge on any atom is -0.322 e. The predicted molar refractivity (Wildman–Crippen MR) is 65.1 cm³/mol. The summed E-state index contributed by atoms with van der Waals surface area (Å²) in [4.78, 5) is 12.0. The molecule has 1 N–H and O–H groups in total. The molecule has 0 radical (unpaired) electrons. The van der Waals surface area contributed by atoms with Crippen LogP contribution < -0.4 is 5.32 Å². The number of aromatic nitrogens is 2. The second-order valence-corrected chi connectivity index (χ2v) is 4.42. The minimum atomic E-state index is -0.0734. The molecule has 2 aromatic rings. The molecule has 0 saturated carbocycles. The number of aryl methyl sites for hydroxylation is 2. The number of fused-ring (bicyclic) bond motifs is 2. The van der Waals surface area contributed by atoms with Crippen LogP contribution in [0.25, 0.3) is 0 Å². The zero-order chi connectivity index (χ0) is 12.0. The number of carbonyl (C=O) groups excluding carboxylic acids is 1. The smallest absolute Gasteiger partial charge is 0.259 e. The molecule has 17 heavy (non-hydrogen) atoms. The molecule has 1 aromatic heterocycles. The molecule has 0 unspecified atom stereocenters. The van der Waals surface area contributed by atoms with Gasteiger partial charge in [-0.2, -0.15) is 5.10 Å². The van der Waals surface area contributed by atoms with Gasteiger partial charge in [0, 0.05) is 19.2 Å². The Bertz CT molecular complexity index is 613. The van der Waals surface area contributed by atoms with E-state index in [9.17, 15) is 4.79 Å². The largest absolute Gasteiger partial charge is 0.322 e. The molecule has 3 rings (SSSR count). The Morgan fingerprint density at radius 1 is 1.41 bits per heavy atom. The van der Waals surface area contributed by atoms with Crippen LogP contribution in [0.3, 0.4) is 0 Å². The number of nitrogens with one attached hydrogen (secondary N) is 1. The first-order chi connectivity index (χ1) is 8.15. The predicted octanol–water partition coefficient (Wildman–Crippen LogP) is 1.89. The maximum absolute atomic E-state index is 12.0. The molecule has 0 atom stereocenters. The molecule has 86 valence electrons. The van der Waals surface area contributed by atoms with Crippen LogP contribution >= 0.6 is 0 Å². The Hall–Kier alpha value is -2.10. The van der Waals surface area contributed by atoms with Gasteiger partial charge in [-0.3, -0.25) is 9.48 Å². The fourth-order valence-electron chi connectivity index (χ4n) is 2.22. The van der Waals surface area contributed by atoms with Crippen LogP contribution in [0.5, 0.6) is 0 Å². The molecule has 0 aliphatic carbocycles. The van der Waals surface area contributed by atoms with E-state index < -0.39 is 0 Å². The van der Waals surface area contributed by atoms with E-state index in [4.69, 9.17) is 0 Å². The van der Waals surface area contributed by atoms with Crippen molar-refractivity contribution in [2.45, 2.75) is 13.3 Å². The summed E-state index contributed by atoms with van der Waals surface area (Å²) in [5, 5.41) is 7.07. The van der Waals surface area contributed by atoms with E-state index >= 15 is 0 Å². The average Bonchev–Trinajstić information content (AvgIpc) is 2.57. The second-order valence-electron chi connectivity index (χ2n) is 4.42. The minimum absolute atomic E-state index is 0.0734. The topological polar surface area (TPSA) is 46.9 Å². The summed E-state index contributed by atoms with van der Waals surface area (Å²) < 4.78 is 1.77. The Labute approximate surface area is 99.3 Å². The summed E-state index contributed by atoms with van der Waals surface area (Å²) in [5.41, 5.74) is 4.87. The van der Waals surface area contributed by atoms with Gasteiger partial charge in [-0.05, 0) is 18.6 Å². The molecule has 1 aliphatic heterocycles. The van der Waals surface area contributed by atoms with Crippen molar-refractivity contribution in [3.63, 3.8) is 0 Å². The lowest BCUT2D eigenvalue weighted by molar-refractivity contribution is 0.102. The number of amides is 1. The van der Waals surface area contributed by atoms with Crippen molar-refractivity contribution in [2.75, 3.05) is 5.32 Å². The molecule has 1 amide bonds. The quantitative estimate of drug-likeness (QED) is 0.747. The highest BCUT2D eigenvalue weighted by Gasteiger charge is 2.22. The summed E-state index contributed by atoms with van der Waals surface area (Å²) in [6.07, 6.45) is 2.37. The highest BCUT2D eigenvalue weighted by molar-refractivity contribution is 6.06. The highest BCUT2D eigenvalue weighted by Crippen LogP contribution is 2.26. The fourth-order valence-corrected chi connectivity index (χ4v) is 2.22. The molecule has 4 nitrogen and oxygen atoms in total. The molecule has 1 aromatic carbocycles. The maximum atomic E-state index is 12.0. The van der Waals surface area contributed by atoms with E-state index in [-0.39, 0.29) is 5.91 Å². The second kappa shape index (κ2) is 3.45. The summed E-state index contributed by atoms with van der Waals surface area (Å²) >= 11 is 0. The van der Waals surface area contributed by atoms with Crippen LogP contribution in [0, 0.1) is 6.92 Å². The third-order valence-corrected chi connectivity index (χ3v) is 3.17. The van der Waals surface area contributed by atoms with Gasteiger partial charge in [0.2, 0.25) is 0 Å². The summed E-state index contributed by atoms with van der Waals surface area (Å²) in [6.45, 7) is 2.05. The molecule has 1 aliphatic rings. The van der Waals surface area contributed by atoms with Crippen molar-refractivity contribution in [1.29, 1.82) is 0 Å². The van der Waals surface area contributed by atoms with E-state index in [2.05, 4.69) is 23.4 Å². The van der Waals surface area contributed by atoms with Crippen molar-refractivity contribution in [3.05, 3.63) is 46.8 Å². The molecular weight excluding hydrogens is 214 g/mol. The van der Waals surface area contributed by atoms with Gasteiger partial charge in [-0.15, -0.1) is 0 Å². The number of hydrogen-bond acceptors (Lipinski definition) is 2.